The first-order valence-electron chi connectivity index (χ1n) is 10.6. The van der Waals surface area contributed by atoms with E-state index in [1.165, 1.54) is 7.11 Å². The number of pyridine rings is 1. The van der Waals surface area contributed by atoms with Gasteiger partial charge in [0.2, 0.25) is 0 Å². The molecule has 0 atom stereocenters. The van der Waals surface area contributed by atoms with Crippen LogP contribution in [0.5, 0.6) is 11.5 Å². The summed E-state index contributed by atoms with van der Waals surface area (Å²) >= 11 is 0. The van der Waals surface area contributed by atoms with Crippen molar-refractivity contribution >= 4 is 11.6 Å². The predicted octanol–water partition coefficient (Wildman–Crippen LogP) is 4.93. The number of methoxy groups -OCH3 is 1. The van der Waals surface area contributed by atoms with E-state index in [1.54, 1.807) is 24.4 Å². The van der Waals surface area contributed by atoms with Crippen LogP contribution in [0.2, 0.25) is 0 Å². The lowest BCUT2D eigenvalue weighted by Crippen LogP contribution is -2.12. The second-order valence-corrected chi connectivity index (χ2v) is 7.46. The Labute approximate surface area is 197 Å². The van der Waals surface area contributed by atoms with Crippen LogP contribution in [0.3, 0.4) is 0 Å². The molecule has 1 N–H and O–H groups in total. The van der Waals surface area contributed by atoms with Crippen LogP contribution in [0, 0.1) is 25.7 Å². The van der Waals surface area contributed by atoms with Gasteiger partial charge in [-0.2, -0.15) is 0 Å². The molecule has 4 aromatic rings. The summed E-state index contributed by atoms with van der Waals surface area (Å²) in [6.45, 7) is 3.98. The van der Waals surface area contributed by atoms with Crippen molar-refractivity contribution in [1.29, 1.82) is 0 Å². The Hall–Kier alpha value is -4.57. The normalized spacial score (nSPS) is 10.2. The Balaban J connectivity index is 1.45. The SMILES string of the molecule is COc1cc(C(=O)Nc2cccc(C#Cc3ccccn3)c2)ccc1OCc1c(C)noc1C. The van der Waals surface area contributed by atoms with Gasteiger partial charge in [0, 0.05) is 23.0 Å². The van der Waals surface area contributed by atoms with E-state index >= 15 is 0 Å². The van der Waals surface area contributed by atoms with E-state index in [-0.39, 0.29) is 12.5 Å². The molecule has 34 heavy (non-hydrogen) atoms. The Morgan fingerprint density at radius 2 is 1.91 bits per heavy atom. The van der Waals surface area contributed by atoms with Gasteiger partial charge in [0.15, 0.2) is 11.5 Å². The van der Waals surface area contributed by atoms with Gasteiger partial charge in [-0.05, 0) is 68.3 Å². The molecule has 0 aliphatic carbocycles. The lowest BCUT2D eigenvalue weighted by molar-refractivity contribution is 0.102. The first-order valence-corrected chi connectivity index (χ1v) is 10.6. The summed E-state index contributed by atoms with van der Waals surface area (Å²) in [5.74, 6) is 7.48. The van der Waals surface area contributed by atoms with Crippen molar-refractivity contribution in [2.24, 2.45) is 0 Å². The maximum atomic E-state index is 12.8. The largest absolute Gasteiger partial charge is 0.493 e. The highest BCUT2D eigenvalue weighted by molar-refractivity contribution is 6.04. The summed E-state index contributed by atoms with van der Waals surface area (Å²) in [5, 5.41) is 6.83. The van der Waals surface area contributed by atoms with Gasteiger partial charge in [-0.1, -0.05) is 23.2 Å². The third-order valence-corrected chi connectivity index (χ3v) is 5.10. The van der Waals surface area contributed by atoms with Crippen LogP contribution in [-0.4, -0.2) is 23.2 Å². The number of nitrogens with one attached hydrogen (secondary N) is 1. The summed E-state index contributed by atoms with van der Waals surface area (Å²) in [6.07, 6.45) is 1.70. The van der Waals surface area contributed by atoms with Crippen molar-refractivity contribution in [2.75, 3.05) is 12.4 Å². The molecule has 170 valence electrons. The summed E-state index contributed by atoms with van der Waals surface area (Å²) in [4.78, 5) is 17.0. The first-order chi connectivity index (χ1) is 16.5. The number of nitrogens with zero attached hydrogens (tertiary/aromatic N) is 2. The molecule has 0 unspecified atom stereocenters. The molecule has 0 saturated carbocycles. The van der Waals surface area contributed by atoms with Gasteiger partial charge >= 0.3 is 0 Å². The number of aryl methyl sites for hydroxylation is 2. The van der Waals surface area contributed by atoms with E-state index in [9.17, 15) is 4.79 Å². The minimum Gasteiger partial charge on any atom is -0.493 e. The average molecular weight is 453 g/mol. The number of ether oxygens (including phenoxy) is 2. The zero-order valence-electron chi connectivity index (χ0n) is 19.1. The van der Waals surface area contributed by atoms with Crippen molar-refractivity contribution in [2.45, 2.75) is 20.5 Å². The number of anilines is 1. The van der Waals surface area contributed by atoms with E-state index in [0.29, 0.717) is 34.2 Å². The highest BCUT2D eigenvalue weighted by atomic mass is 16.5. The molecule has 0 radical (unpaired) electrons. The maximum absolute atomic E-state index is 12.8. The lowest BCUT2D eigenvalue weighted by Gasteiger charge is -2.12. The third kappa shape index (κ3) is 5.43. The van der Waals surface area contributed by atoms with Crippen molar-refractivity contribution in [3.63, 3.8) is 0 Å². The molecule has 0 saturated heterocycles. The Bertz CT molecular complexity index is 1350. The maximum Gasteiger partial charge on any atom is 0.255 e. The van der Waals surface area contributed by atoms with Gasteiger partial charge in [0.1, 0.15) is 18.1 Å². The van der Waals surface area contributed by atoms with Crippen LogP contribution < -0.4 is 14.8 Å². The summed E-state index contributed by atoms with van der Waals surface area (Å²) in [7, 11) is 1.53. The van der Waals surface area contributed by atoms with Crippen LogP contribution in [0.25, 0.3) is 0 Å². The van der Waals surface area contributed by atoms with Gasteiger partial charge in [0.25, 0.3) is 5.91 Å². The number of rotatable bonds is 6. The van der Waals surface area contributed by atoms with Gasteiger partial charge in [-0.15, -0.1) is 0 Å². The summed E-state index contributed by atoms with van der Waals surface area (Å²) in [5.41, 5.74) is 4.18. The summed E-state index contributed by atoms with van der Waals surface area (Å²) < 4.78 is 16.5. The number of aromatic nitrogens is 2. The quantitative estimate of drug-likeness (QED) is 0.417. The first kappa shape index (κ1) is 22.6. The molecule has 4 rings (SSSR count). The molecule has 2 heterocycles. The van der Waals surface area contributed by atoms with Crippen LogP contribution in [-0.2, 0) is 6.61 Å². The molecule has 7 nitrogen and oxygen atoms in total. The zero-order chi connectivity index (χ0) is 23.9. The monoisotopic (exact) mass is 453 g/mol. The predicted molar refractivity (Wildman–Crippen MR) is 128 cm³/mol. The standard InChI is InChI=1S/C27H23N3O4/c1-18-24(19(2)34-30-18)17-33-25-13-11-21(16-26(25)32-3)27(31)29-23-9-6-7-20(15-23)10-12-22-8-4-5-14-28-22/h4-9,11,13-16H,17H2,1-3H3,(H,29,31). The molecule has 0 bridgehead atoms. The fraction of sp³-hybridized carbons (Fsp3) is 0.148. The smallest absolute Gasteiger partial charge is 0.255 e. The van der Waals surface area contributed by atoms with Gasteiger partial charge in [-0.25, -0.2) is 4.98 Å². The lowest BCUT2D eigenvalue weighted by atomic mass is 10.1. The third-order valence-electron chi connectivity index (χ3n) is 5.10. The molecule has 2 aromatic heterocycles. The van der Waals surface area contributed by atoms with E-state index in [1.807, 2.05) is 56.3 Å². The van der Waals surface area contributed by atoms with E-state index < -0.39 is 0 Å². The fourth-order valence-electron chi connectivity index (χ4n) is 3.24. The highest BCUT2D eigenvalue weighted by Crippen LogP contribution is 2.30. The van der Waals surface area contributed by atoms with E-state index in [4.69, 9.17) is 14.0 Å². The van der Waals surface area contributed by atoms with Crippen LogP contribution in [0.1, 0.15) is 38.6 Å². The van der Waals surface area contributed by atoms with Crippen molar-refractivity contribution in [3.05, 3.63) is 101 Å². The molecule has 7 heteroatoms. The highest BCUT2D eigenvalue weighted by Gasteiger charge is 2.14. The van der Waals surface area contributed by atoms with Crippen LogP contribution in [0.15, 0.2) is 71.4 Å². The van der Waals surface area contributed by atoms with Crippen molar-refractivity contribution in [1.82, 2.24) is 10.1 Å². The molecule has 0 spiro atoms. The molecule has 0 aliphatic rings. The Morgan fingerprint density at radius 1 is 1.03 bits per heavy atom. The molecule has 1 amide bonds. The topological polar surface area (TPSA) is 86.5 Å². The molecular formula is C27H23N3O4. The van der Waals surface area contributed by atoms with Crippen molar-refractivity contribution < 1.29 is 18.8 Å². The number of hydrogen-bond acceptors (Lipinski definition) is 6. The molecule has 0 fully saturated rings. The van der Waals surface area contributed by atoms with Gasteiger partial charge in [0.05, 0.1) is 18.4 Å². The van der Waals surface area contributed by atoms with E-state index in [0.717, 1.165) is 16.8 Å². The number of amides is 1. The van der Waals surface area contributed by atoms with Crippen LogP contribution in [0.4, 0.5) is 5.69 Å². The second-order valence-electron chi connectivity index (χ2n) is 7.46. The minimum absolute atomic E-state index is 0.273. The minimum atomic E-state index is -0.273. The number of carbonyl (C=O) groups is 1. The zero-order valence-corrected chi connectivity index (χ0v) is 19.1. The number of benzene rings is 2. The molecule has 0 aliphatic heterocycles. The Morgan fingerprint density at radius 3 is 2.65 bits per heavy atom. The number of hydrogen-bond donors (Lipinski definition) is 1. The summed E-state index contributed by atoms with van der Waals surface area (Å²) in [6, 6.07) is 17.9. The molecular weight excluding hydrogens is 430 g/mol. The molecule has 2 aromatic carbocycles. The van der Waals surface area contributed by atoms with Crippen molar-refractivity contribution in [3.8, 4) is 23.3 Å². The van der Waals surface area contributed by atoms with Gasteiger partial charge < -0.3 is 19.3 Å². The van der Waals surface area contributed by atoms with E-state index in [2.05, 4.69) is 27.3 Å². The van der Waals surface area contributed by atoms with Crippen LogP contribution >= 0.6 is 0 Å². The Kier molecular flexibility index (Phi) is 6.89. The second kappa shape index (κ2) is 10.4. The average Bonchev–Trinajstić information content (AvgIpc) is 3.19. The number of carbonyl (C=O) groups excluding carboxylic acids is 1. The van der Waals surface area contributed by atoms with Gasteiger partial charge in [-0.3, -0.25) is 4.79 Å². The fourth-order valence-corrected chi connectivity index (χ4v) is 3.24.